The van der Waals surface area contributed by atoms with Crippen LogP contribution in [0.1, 0.15) is 34.2 Å². The van der Waals surface area contributed by atoms with Gasteiger partial charge in [-0.1, -0.05) is 18.4 Å². The number of nitrogens with one attached hydrogen (secondary N) is 2. The SMILES string of the molecule is CCN1CC2CN(C3N=Cc4c(n5c6c([nH]c5c(C(=O)O)c4=O)C=C=C=C6)N3)CC2C1. The number of aliphatic imine (C=N–C) groups is 1. The van der Waals surface area contributed by atoms with Crippen LogP contribution in [0.25, 0.3) is 17.8 Å². The molecule has 0 aromatic carbocycles. The first-order valence-corrected chi connectivity index (χ1v) is 10.6. The Labute approximate surface area is 177 Å². The zero-order valence-electron chi connectivity index (χ0n) is 17.1. The number of likely N-dealkylation sites (tertiary alicyclic amines) is 2. The second kappa shape index (κ2) is 6.57. The van der Waals surface area contributed by atoms with E-state index in [-0.39, 0.29) is 23.1 Å². The molecule has 9 heteroatoms. The Bertz CT molecular complexity index is 1310. The number of imidazole rings is 1. The number of nitrogens with zero attached hydrogens (tertiary/aromatic N) is 4. The highest BCUT2D eigenvalue weighted by Gasteiger charge is 2.42. The van der Waals surface area contributed by atoms with Crippen LogP contribution < -0.4 is 10.7 Å². The third kappa shape index (κ3) is 2.62. The minimum Gasteiger partial charge on any atom is -0.477 e. The molecule has 3 atom stereocenters. The second-order valence-corrected chi connectivity index (χ2v) is 8.58. The first kappa shape index (κ1) is 18.4. The number of rotatable bonds is 3. The van der Waals surface area contributed by atoms with Crippen molar-refractivity contribution < 1.29 is 9.90 Å². The Morgan fingerprint density at radius 2 is 1.97 bits per heavy atom. The summed E-state index contributed by atoms with van der Waals surface area (Å²) in [5.41, 5.74) is 6.87. The summed E-state index contributed by atoms with van der Waals surface area (Å²) in [5, 5.41) is 13.1. The van der Waals surface area contributed by atoms with Crippen LogP contribution in [0.4, 0.5) is 5.82 Å². The quantitative estimate of drug-likeness (QED) is 0.551. The van der Waals surface area contributed by atoms with E-state index >= 15 is 0 Å². The molecule has 0 saturated carbocycles. The van der Waals surface area contributed by atoms with Gasteiger partial charge in [-0.2, -0.15) is 0 Å². The number of pyridine rings is 1. The molecule has 3 aliphatic heterocycles. The van der Waals surface area contributed by atoms with E-state index in [1.165, 1.54) is 6.21 Å². The van der Waals surface area contributed by atoms with Crippen LogP contribution >= 0.6 is 0 Å². The van der Waals surface area contributed by atoms with Gasteiger partial charge in [0, 0.05) is 44.5 Å². The molecule has 2 fully saturated rings. The molecule has 0 amide bonds. The fourth-order valence-corrected chi connectivity index (χ4v) is 5.38. The van der Waals surface area contributed by atoms with Gasteiger partial charge < -0.3 is 20.3 Å². The predicted octanol–water partition coefficient (Wildman–Crippen LogP) is 1.13. The molecule has 1 aliphatic carbocycles. The van der Waals surface area contributed by atoms with Crippen molar-refractivity contribution in [1.82, 2.24) is 19.2 Å². The normalized spacial score (nSPS) is 26.3. The molecule has 3 N–H and O–H groups in total. The van der Waals surface area contributed by atoms with Crippen molar-refractivity contribution in [3.63, 3.8) is 0 Å². The van der Waals surface area contributed by atoms with Crippen LogP contribution in [0.3, 0.4) is 0 Å². The van der Waals surface area contributed by atoms with E-state index in [0.717, 1.165) is 38.4 Å². The fraction of sp³-hybridized carbons (Fsp3) is 0.409. The Balaban J connectivity index is 1.43. The van der Waals surface area contributed by atoms with Gasteiger partial charge in [0.2, 0.25) is 5.43 Å². The lowest BCUT2D eigenvalue weighted by Gasteiger charge is -2.31. The van der Waals surface area contributed by atoms with Crippen molar-refractivity contribution in [3.8, 4) is 0 Å². The summed E-state index contributed by atoms with van der Waals surface area (Å²) in [6.07, 6.45) is 4.67. The highest BCUT2D eigenvalue weighted by atomic mass is 16.4. The van der Waals surface area contributed by atoms with Gasteiger partial charge in [-0.25, -0.2) is 4.79 Å². The zero-order valence-corrected chi connectivity index (χ0v) is 17.1. The van der Waals surface area contributed by atoms with E-state index in [1.54, 1.807) is 16.6 Å². The number of H-pyrrole nitrogens is 1. The van der Waals surface area contributed by atoms with E-state index in [4.69, 9.17) is 0 Å². The van der Waals surface area contributed by atoms with Crippen LogP contribution in [0.5, 0.6) is 0 Å². The molecular formula is C22H22N6O3. The number of aromatic amines is 1. The first-order chi connectivity index (χ1) is 15.0. The molecule has 2 saturated heterocycles. The molecule has 31 heavy (non-hydrogen) atoms. The lowest BCUT2D eigenvalue weighted by Crippen LogP contribution is -2.43. The molecule has 6 rings (SSSR count). The third-order valence-corrected chi connectivity index (χ3v) is 6.90. The van der Waals surface area contributed by atoms with Gasteiger partial charge in [0.25, 0.3) is 0 Å². The molecule has 9 nitrogen and oxygen atoms in total. The number of fused-ring (bicyclic) bond motifs is 6. The molecule has 2 aromatic heterocycles. The molecule has 158 valence electrons. The van der Waals surface area contributed by atoms with Crippen LogP contribution in [0.15, 0.2) is 21.2 Å². The maximum Gasteiger partial charge on any atom is 0.343 e. The second-order valence-electron chi connectivity index (χ2n) is 8.58. The average molecular weight is 418 g/mol. The van der Waals surface area contributed by atoms with E-state index in [2.05, 4.69) is 43.5 Å². The smallest absolute Gasteiger partial charge is 0.343 e. The van der Waals surface area contributed by atoms with Crippen LogP contribution in [0, 0.1) is 11.8 Å². The van der Waals surface area contributed by atoms with Gasteiger partial charge in [0.05, 0.1) is 17.0 Å². The number of carboxylic acid groups (broad SMARTS) is 1. The number of carboxylic acids is 1. The minimum atomic E-state index is -1.27. The number of anilines is 1. The van der Waals surface area contributed by atoms with Crippen molar-refractivity contribution in [2.75, 3.05) is 38.0 Å². The van der Waals surface area contributed by atoms with Gasteiger partial charge in [-0.15, -0.1) is 0 Å². The van der Waals surface area contributed by atoms with Crippen molar-refractivity contribution in [1.29, 1.82) is 0 Å². The zero-order chi connectivity index (χ0) is 21.3. The minimum absolute atomic E-state index is 0.248. The van der Waals surface area contributed by atoms with Gasteiger partial charge >= 0.3 is 5.97 Å². The van der Waals surface area contributed by atoms with Crippen molar-refractivity contribution in [2.45, 2.75) is 13.2 Å². The van der Waals surface area contributed by atoms with Crippen LogP contribution in [-0.2, 0) is 0 Å². The Morgan fingerprint density at radius 1 is 1.23 bits per heavy atom. The van der Waals surface area contributed by atoms with E-state index in [1.807, 2.05) is 0 Å². The fourth-order valence-electron chi connectivity index (χ4n) is 5.38. The summed E-state index contributed by atoms with van der Waals surface area (Å²) in [6.45, 7) is 7.42. The molecule has 4 aliphatic rings. The van der Waals surface area contributed by atoms with Gasteiger partial charge in [0.1, 0.15) is 17.0 Å². The summed E-state index contributed by atoms with van der Waals surface area (Å²) < 4.78 is 1.76. The summed E-state index contributed by atoms with van der Waals surface area (Å²) in [4.78, 5) is 37.4. The molecule has 3 unspecified atom stereocenters. The van der Waals surface area contributed by atoms with Crippen LogP contribution in [0.2, 0.25) is 0 Å². The van der Waals surface area contributed by atoms with Crippen LogP contribution in [-0.4, -0.2) is 75.5 Å². The lowest BCUT2D eigenvalue weighted by molar-refractivity contribution is 0.0697. The lowest BCUT2D eigenvalue weighted by atomic mass is 10.0. The van der Waals surface area contributed by atoms with E-state index < -0.39 is 11.4 Å². The Kier molecular flexibility index (Phi) is 3.91. The number of hydrogen-bond acceptors (Lipinski definition) is 6. The molecule has 0 radical (unpaired) electrons. The maximum atomic E-state index is 13.0. The van der Waals surface area contributed by atoms with Crippen molar-refractivity contribution in [2.24, 2.45) is 16.8 Å². The maximum absolute atomic E-state index is 13.0. The highest BCUT2D eigenvalue weighted by molar-refractivity contribution is 6.00. The molecule has 2 aromatic rings. The monoisotopic (exact) mass is 418 g/mol. The average Bonchev–Trinajstić information content (AvgIpc) is 3.44. The third-order valence-electron chi connectivity index (χ3n) is 6.90. The summed E-state index contributed by atoms with van der Waals surface area (Å²) in [5.74, 6) is 0.554. The summed E-state index contributed by atoms with van der Waals surface area (Å²) in [7, 11) is 0. The molecule has 0 spiro atoms. The van der Waals surface area contributed by atoms with E-state index in [9.17, 15) is 14.7 Å². The van der Waals surface area contributed by atoms with E-state index in [0.29, 0.717) is 23.3 Å². The Hall–Kier alpha value is -3.35. The summed E-state index contributed by atoms with van der Waals surface area (Å²) in [6, 6.07) is 0. The number of aromatic nitrogens is 2. The standard InChI is InChI=1S/C22H22N6O3/c1-2-26-8-12-10-27(11-13(12)9-26)22-23-7-14-18(29)17(21(30)31)20-24-15-5-3-4-6-16(15)28(20)19(14)25-22/h5-7,12-13,22,24-25H,2,8-11H2,1H3,(H,30,31). The number of aromatic carboxylic acids is 1. The van der Waals surface area contributed by atoms with Gasteiger partial charge in [-0.3, -0.25) is 19.1 Å². The largest absolute Gasteiger partial charge is 0.477 e. The molecule has 0 bridgehead atoms. The van der Waals surface area contributed by atoms with Gasteiger partial charge in [-0.05, 0) is 18.4 Å². The highest BCUT2D eigenvalue weighted by Crippen LogP contribution is 2.34. The number of hydrogen-bond donors (Lipinski definition) is 3. The van der Waals surface area contributed by atoms with Crippen molar-refractivity contribution in [3.05, 3.63) is 44.2 Å². The molecule has 5 heterocycles. The predicted molar refractivity (Wildman–Crippen MR) is 117 cm³/mol. The van der Waals surface area contributed by atoms with Gasteiger partial charge in [0.15, 0.2) is 6.29 Å². The van der Waals surface area contributed by atoms with Crippen molar-refractivity contribution >= 4 is 35.8 Å². The Morgan fingerprint density at radius 3 is 2.68 bits per heavy atom. The summed E-state index contributed by atoms with van der Waals surface area (Å²) >= 11 is 0. The topological polar surface area (TPSA) is 105 Å². The molecular weight excluding hydrogens is 396 g/mol. The number of carbonyl (C=O) groups is 1. The first-order valence-electron chi connectivity index (χ1n) is 10.6.